The van der Waals surface area contributed by atoms with Crippen LogP contribution in [0.1, 0.15) is 32.4 Å². The van der Waals surface area contributed by atoms with Crippen molar-refractivity contribution in [3.8, 4) is 0 Å². The molecule has 0 spiro atoms. The van der Waals surface area contributed by atoms with Gasteiger partial charge in [0.15, 0.2) is 0 Å². The number of halogens is 1. The number of carboxylic acid groups (broad SMARTS) is 1. The van der Waals surface area contributed by atoms with Gasteiger partial charge in [0.25, 0.3) is 0 Å². The highest BCUT2D eigenvalue weighted by atomic mass is 79.9. The molecule has 6 heteroatoms. The van der Waals surface area contributed by atoms with Crippen molar-refractivity contribution in [3.05, 3.63) is 34.3 Å². The number of rotatable bonds is 7. The number of amides is 1. The topological polar surface area (TPSA) is 66.4 Å². The summed E-state index contributed by atoms with van der Waals surface area (Å²) < 4.78 is 0.988. The molecule has 2 unspecified atom stereocenters. The van der Waals surface area contributed by atoms with Crippen molar-refractivity contribution in [2.45, 2.75) is 32.1 Å². The normalized spacial score (nSPS) is 13.8. The van der Waals surface area contributed by atoms with Crippen molar-refractivity contribution in [1.29, 1.82) is 0 Å². The molecule has 21 heavy (non-hydrogen) atoms. The molecule has 2 atom stereocenters. The molecule has 0 fully saturated rings. The van der Waals surface area contributed by atoms with Gasteiger partial charge in [-0.05, 0) is 30.5 Å². The molecule has 0 aromatic heterocycles. The first-order valence-corrected chi connectivity index (χ1v) is 8.54. The SMILES string of the molecule is CC(NC(=O)CSC(C(=O)O)C(C)C)c1ccc(Br)cc1. The molecular formula is C15H20BrNO3S. The molecule has 1 rings (SSSR count). The molecular weight excluding hydrogens is 354 g/mol. The summed E-state index contributed by atoms with van der Waals surface area (Å²) in [6, 6.07) is 7.62. The molecule has 2 N–H and O–H groups in total. The Bertz CT molecular complexity index is 490. The lowest BCUT2D eigenvalue weighted by atomic mass is 10.1. The second-order valence-corrected chi connectivity index (χ2v) is 7.20. The summed E-state index contributed by atoms with van der Waals surface area (Å²) in [6.07, 6.45) is 0. The van der Waals surface area contributed by atoms with Gasteiger partial charge in [-0.1, -0.05) is 41.9 Å². The Morgan fingerprint density at radius 1 is 1.24 bits per heavy atom. The van der Waals surface area contributed by atoms with E-state index in [9.17, 15) is 9.59 Å². The van der Waals surface area contributed by atoms with Crippen LogP contribution in [0.25, 0.3) is 0 Å². The summed E-state index contributed by atoms with van der Waals surface area (Å²) in [7, 11) is 0. The van der Waals surface area contributed by atoms with E-state index in [0.717, 1.165) is 10.0 Å². The van der Waals surface area contributed by atoms with Gasteiger partial charge in [0.05, 0.1) is 11.8 Å². The summed E-state index contributed by atoms with van der Waals surface area (Å²) in [5.41, 5.74) is 1.01. The molecule has 1 aromatic carbocycles. The molecule has 0 aliphatic rings. The monoisotopic (exact) mass is 373 g/mol. The number of carbonyl (C=O) groups is 2. The number of hydrogen-bond acceptors (Lipinski definition) is 3. The summed E-state index contributed by atoms with van der Waals surface area (Å²) in [5.74, 6) is -0.883. The Labute approximate surface area is 137 Å². The van der Waals surface area contributed by atoms with Crippen molar-refractivity contribution in [2.24, 2.45) is 5.92 Å². The van der Waals surface area contributed by atoms with E-state index in [0.29, 0.717) is 0 Å². The fourth-order valence-corrected chi connectivity index (χ4v) is 3.04. The van der Waals surface area contributed by atoms with Gasteiger partial charge in [-0.15, -0.1) is 11.8 Å². The fourth-order valence-electron chi connectivity index (χ4n) is 1.83. The molecule has 4 nitrogen and oxygen atoms in total. The molecule has 0 heterocycles. The smallest absolute Gasteiger partial charge is 0.316 e. The number of aliphatic carboxylic acids is 1. The largest absolute Gasteiger partial charge is 0.480 e. The predicted octanol–water partition coefficient (Wildman–Crippen LogP) is 3.47. The van der Waals surface area contributed by atoms with Crippen LogP contribution in [0.15, 0.2) is 28.7 Å². The molecule has 0 saturated carbocycles. The minimum atomic E-state index is -0.872. The maximum absolute atomic E-state index is 11.9. The van der Waals surface area contributed by atoms with Crippen molar-refractivity contribution in [1.82, 2.24) is 5.32 Å². The maximum Gasteiger partial charge on any atom is 0.316 e. The summed E-state index contributed by atoms with van der Waals surface area (Å²) >= 11 is 4.53. The van der Waals surface area contributed by atoms with Gasteiger partial charge in [-0.25, -0.2) is 0 Å². The Morgan fingerprint density at radius 3 is 2.29 bits per heavy atom. The first-order valence-electron chi connectivity index (χ1n) is 6.70. The van der Waals surface area contributed by atoms with Crippen LogP contribution in [-0.4, -0.2) is 28.0 Å². The van der Waals surface area contributed by atoms with E-state index in [4.69, 9.17) is 5.11 Å². The Hall–Kier alpha value is -1.01. The standard InChI is InChI=1S/C15H20BrNO3S/c1-9(2)14(15(19)20)21-8-13(18)17-10(3)11-4-6-12(16)7-5-11/h4-7,9-10,14H,8H2,1-3H3,(H,17,18)(H,19,20). The Balaban J connectivity index is 2.49. The minimum absolute atomic E-state index is 0.0100. The molecule has 1 aromatic rings. The lowest BCUT2D eigenvalue weighted by molar-refractivity contribution is -0.137. The lowest BCUT2D eigenvalue weighted by Gasteiger charge is -2.17. The number of nitrogens with one attached hydrogen (secondary N) is 1. The highest BCUT2D eigenvalue weighted by Gasteiger charge is 2.23. The minimum Gasteiger partial charge on any atom is -0.480 e. The molecule has 0 saturated heterocycles. The van der Waals surface area contributed by atoms with Crippen LogP contribution in [0.5, 0.6) is 0 Å². The highest BCUT2D eigenvalue weighted by Crippen LogP contribution is 2.20. The highest BCUT2D eigenvalue weighted by molar-refractivity contribution is 9.10. The van der Waals surface area contributed by atoms with E-state index < -0.39 is 11.2 Å². The summed E-state index contributed by atoms with van der Waals surface area (Å²) in [5, 5.41) is 11.4. The zero-order valence-electron chi connectivity index (χ0n) is 12.3. The van der Waals surface area contributed by atoms with Crippen LogP contribution >= 0.6 is 27.7 Å². The second-order valence-electron chi connectivity index (χ2n) is 5.15. The first-order chi connectivity index (χ1) is 9.81. The number of hydrogen-bond donors (Lipinski definition) is 2. The quantitative estimate of drug-likeness (QED) is 0.767. The third-order valence-electron chi connectivity index (χ3n) is 2.99. The number of carboxylic acids is 1. The van der Waals surface area contributed by atoms with Crippen molar-refractivity contribution in [2.75, 3.05) is 5.75 Å². The van der Waals surface area contributed by atoms with Crippen LogP contribution in [0.2, 0.25) is 0 Å². The molecule has 0 radical (unpaired) electrons. The van der Waals surface area contributed by atoms with Crippen LogP contribution in [0, 0.1) is 5.92 Å². The van der Waals surface area contributed by atoms with E-state index in [1.807, 2.05) is 45.0 Å². The Kier molecular flexibility index (Phi) is 7.25. The number of benzene rings is 1. The van der Waals surface area contributed by atoms with Gasteiger partial charge in [0.1, 0.15) is 5.25 Å². The number of thioether (sulfide) groups is 1. The van der Waals surface area contributed by atoms with E-state index in [2.05, 4.69) is 21.2 Å². The van der Waals surface area contributed by atoms with Gasteiger partial charge < -0.3 is 10.4 Å². The second kappa shape index (κ2) is 8.44. The van der Waals surface area contributed by atoms with Crippen molar-refractivity contribution >= 4 is 39.6 Å². The van der Waals surface area contributed by atoms with E-state index in [1.54, 1.807) is 0 Å². The van der Waals surface area contributed by atoms with Gasteiger partial charge >= 0.3 is 5.97 Å². The first kappa shape index (κ1) is 18.0. The zero-order chi connectivity index (χ0) is 16.0. The van der Waals surface area contributed by atoms with Crippen molar-refractivity contribution in [3.63, 3.8) is 0 Å². The average molecular weight is 374 g/mol. The molecule has 0 aliphatic carbocycles. The van der Waals surface area contributed by atoms with Crippen molar-refractivity contribution < 1.29 is 14.7 Å². The van der Waals surface area contributed by atoms with Crippen LogP contribution in [-0.2, 0) is 9.59 Å². The number of carbonyl (C=O) groups excluding carboxylic acids is 1. The van der Waals surface area contributed by atoms with E-state index in [1.165, 1.54) is 11.8 Å². The predicted molar refractivity (Wildman–Crippen MR) is 89.4 cm³/mol. The van der Waals surface area contributed by atoms with E-state index in [-0.39, 0.29) is 23.6 Å². The summed E-state index contributed by atoms with van der Waals surface area (Å²) in [4.78, 5) is 23.0. The summed E-state index contributed by atoms with van der Waals surface area (Å²) in [6.45, 7) is 5.59. The third-order valence-corrected chi connectivity index (χ3v) is 5.05. The van der Waals surface area contributed by atoms with Gasteiger partial charge in [-0.2, -0.15) is 0 Å². The molecule has 0 bridgehead atoms. The van der Waals surface area contributed by atoms with Crippen LogP contribution in [0.3, 0.4) is 0 Å². The van der Waals surface area contributed by atoms with Gasteiger partial charge in [-0.3, -0.25) is 9.59 Å². The van der Waals surface area contributed by atoms with Crippen LogP contribution < -0.4 is 5.32 Å². The average Bonchev–Trinajstić information content (AvgIpc) is 2.38. The zero-order valence-corrected chi connectivity index (χ0v) is 14.7. The van der Waals surface area contributed by atoms with Crippen LogP contribution in [0.4, 0.5) is 0 Å². The molecule has 116 valence electrons. The van der Waals surface area contributed by atoms with Gasteiger partial charge in [0.2, 0.25) is 5.91 Å². The van der Waals surface area contributed by atoms with E-state index >= 15 is 0 Å². The third kappa shape index (κ3) is 6.09. The molecule has 1 amide bonds. The van der Waals surface area contributed by atoms with Gasteiger partial charge in [0, 0.05) is 4.47 Å². The Morgan fingerprint density at radius 2 is 1.81 bits per heavy atom. The molecule has 0 aliphatic heterocycles. The lowest BCUT2D eigenvalue weighted by Crippen LogP contribution is -2.31. The fraction of sp³-hybridized carbons (Fsp3) is 0.467. The maximum atomic E-state index is 11.9.